The number of phenols is 2. The van der Waals surface area contributed by atoms with Crippen LogP contribution in [0.25, 0.3) is 0 Å². The summed E-state index contributed by atoms with van der Waals surface area (Å²) in [6.45, 7) is 0.875. The van der Waals surface area contributed by atoms with Crippen molar-refractivity contribution >= 4 is 18.0 Å². The summed E-state index contributed by atoms with van der Waals surface area (Å²) in [7, 11) is 0. The van der Waals surface area contributed by atoms with E-state index in [0.717, 1.165) is 24.8 Å². The highest BCUT2D eigenvalue weighted by Gasteiger charge is 2.53. The van der Waals surface area contributed by atoms with Gasteiger partial charge in [-0.1, -0.05) is 36.4 Å². The van der Waals surface area contributed by atoms with E-state index in [1.807, 2.05) is 18.2 Å². The van der Waals surface area contributed by atoms with Crippen LogP contribution < -0.4 is 5.32 Å². The third kappa shape index (κ3) is 6.29. The minimum Gasteiger partial charge on any atom is -0.504 e. The number of aromatic hydroxyl groups is 2. The number of alkyl carbamates (subject to hydrolysis) is 1. The highest BCUT2D eigenvalue weighted by atomic mass is 16.6. The van der Waals surface area contributed by atoms with Crippen molar-refractivity contribution in [2.75, 3.05) is 6.61 Å². The van der Waals surface area contributed by atoms with E-state index in [2.05, 4.69) is 5.32 Å². The number of benzene rings is 2. The third-order valence-electron chi connectivity index (χ3n) is 8.27. The predicted octanol–water partition coefficient (Wildman–Crippen LogP) is 4.38. The maximum atomic E-state index is 13.3. The highest BCUT2D eigenvalue weighted by Crippen LogP contribution is 2.57. The Morgan fingerprint density at radius 1 is 0.897 bits per heavy atom. The fourth-order valence-corrected chi connectivity index (χ4v) is 6.95. The van der Waals surface area contributed by atoms with Crippen molar-refractivity contribution in [2.45, 2.75) is 69.6 Å². The maximum absolute atomic E-state index is 13.3. The monoisotopic (exact) mass is 537 g/mol. The lowest BCUT2D eigenvalue weighted by Crippen LogP contribution is -2.55. The van der Waals surface area contributed by atoms with Crippen LogP contribution in [0.15, 0.2) is 48.5 Å². The molecule has 39 heavy (non-hydrogen) atoms. The molecule has 1 unspecified atom stereocenters. The number of ether oxygens (including phenoxy) is 3. The predicted molar refractivity (Wildman–Crippen MR) is 140 cm³/mol. The van der Waals surface area contributed by atoms with E-state index in [1.54, 1.807) is 12.1 Å². The highest BCUT2D eigenvalue weighted by molar-refractivity contribution is 5.87. The van der Waals surface area contributed by atoms with E-state index in [-0.39, 0.29) is 24.5 Å². The van der Waals surface area contributed by atoms with E-state index < -0.39 is 35.8 Å². The first kappa shape index (κ1) is 26.8. The van der Waals surface area contributed by atoms with E-state index in [4.69, 9.17) is 14.2 Å². The van der Waals surface area contributed by atoms with Crippen LogP contribution >= 0.6 is 0 Å². The van der Waals surface area contributed by atoms with Crippen LogP contribution in [-0.2, 0) is 36.8 Å². The van der Waals surface area contributed by atoms with Crippen LogP contribution in [0.3, 0.4) is 0 Å². The molecule has 3 N–H and O–H groups in total. The van der Waals surface area contributed by atoms with Gasteiger partial charge >= 0.3 is 18.0 Å². The van der Waals surface area contributed by atoms with Gasteiger partial charge in [-0.25, -0.2) is 14.4 Å². The first-order valence-electron chi connectivity index (χ1n) is 13.5. The Bertz CT molecular complexity index is 1190. The number of amides is 1. The summed E-state index contributed by atoms with van der Waals surface area (Å²) in [5, 5.41) is 22.1. The molecular formula is C30H35NO8. The number of esters is 2. The van der Waals surface area contributed by atoms with Crippen molar-refractivity contribution in [3.05, 3.63) is 59.7 Å². The Morgan fingerprint density at radius 3 is 2.15 bits per heavy atom. The Kier molecular flexibility index (Phi) is 7.42. The van der Waals surface area contributed by atoms with E-state index in [0.29, 0.717) is 23.3 Å². The second-order valence-electron chi connectivity index (χ2n) is 11.7. The van der Waals surface area contributed by atoms with Crippen LogP contribution in [0.5, 0.6) is 11.5 Å². The largest absolute Gasteiger partial charge is 0.504 e. The number of hydrogen-bond donors (Lipinski definition) is 3. The molecule has 2 aromatic rings. The quantitative estimate of drug-likeness (QED) is 0.244. The molecule has 0 aromatic heterocycles. The van der Waals surface area contributed by atoms with Crippen molar-refractivity contribution in [3.63, 3.8) is 0 Å². The lowest BCUT2D eigenvalue weighted by molar-refractivity contribution is -0.193. The second-order valence-corrected chi connectivity index (χ2v) is 11.7. The van der Waals surface area contributed by atoms with Crippen LogP contribution in [0.1, 0.15) is 56.6 Å². The average molecular weight is 538 g/mol. The number of carbonyl (C=O) groups is 3. The molecule has 0 heterocycles. The number of hydrogen-bond acceptors (Lipinski definition) is 8. The van der Waals surface area contributed by atoms with Crippen LogP contribution in [0.2, 0.25) is 0 Å². The number of rotatable bonds is 9. The third-order valence-corrected chi connectivity index (χ3v) is 8.27. The smallest absolute Gasteiger partial charge is 0.408 e. The molecule has 4 bridgehead atoms. The van der Waals surface area contributed by atoms with Gasteiger partial charge in [0, 0.05) is 6.42 Å². The van der Waals surface area contributed by atoms with Crippen molar-refractivity contribution in [1.29, 1.82) is 0 Å². The standard InChI is InChI=1S/C30H35NO8/c1-29(13-20-7-8-24(32)25(33)12-20,31-28(36)38-17-19-5-3-2-4-6-19)27(35)37-18-26(34)39-30-14-21-9-22(15-30)11-23(10-21)16-30/h2-8,12,21-23,32-33H,9-11,13-18H2,1H3,(H,31,36). The fourth-order valence-electron chi connectivity index (χ4n) is 6.95. The average Bonchev–Trinajstić information content (AvgIpc) is 2.87. The van der Waals surface area contributed by atoms with Crippen molar-refractivity contribution in [1.82, 2.24) is 5.32 Å². The zero-order chi connectivity index (χ0) is 27.6. The Hall–Kier alpha value is -3.75. The lowest BCUT2D eigenvalue weighted by atomic mass is 9.54. The van der Waals surface area contributed by atoms with Gasteiger partial charge in [0.25, 0.3) is 0 Å². The molecule has 4 aliphatic carbocycles. The summed E-state index contributed by atoms with van der Waals surface area (Å²) in [4.78, 5) is 38.8. The first-order chi connectivity index (χ1) is 18.6. The van der Waals surface area contributed by atoms with Gasteiger partial charge in [-0.2, -0.15) is 0 Å². The van der Waals surface area contributed by atoms with Crippen molar-refractivity contribution < 1.29 is 38.8 Å². The normalized spacial score (nSPS) is 26.3. The molecule has 4 aliphatic rings. The zero-order valence-corrected chi connectivity index (χ0v) is 22.1. The van der Waals surface area contributed by atoms with Crippen LogP contribution in [-0.4, -0.2) is 46.0 Å². The number of phenolic OH excluding ortho intramolecular Hbond substituents is 2. The minimum atomic E-state index is -1.64. The summed E-state index contributed by atoms with van der Waals surface area (Å²) < 4.78 is 16.6. The minimum absolute atomic E-state index is 0.00477. The molecule has 0 radical (unpaired) electrons. The Morgan fingerprint density at radius 2 is 1.54 bits per heavy atom. The molecule has 1 atom stereocenters. The molecule has 0 spiro atoms. The molecule has 9 heteroatoms. The Balaban J connectivity index is 1.23. The molecule has 6 rings (SSSR count). The fraction of sp³-hybridized carbons (Fsp3) is 0.500. The van der Waals surface area contributed by atoms with Gasteiger partial charge in [-0.05, 0) is 86.5 Å². The first-order valence-corrected chi connectivity index (χ1v) is 13.5. The van der Waals surface area contributed by atoms with Gasteiger partial charge in [0.1, 0.15) is 17.7 Å². The van der Waals surface area contributed by atoms with Gasteiger partial charge in [-0.15, -0.1) is 0 Å². The summed E-state index contributed by atoms with van der Waals surface area (Å²) in [5.41, 5.74) is -0.875. The van der Waals surface area contributed by atoms with Gasteiger partial charge < -0.3 is 29.7 Å². The molecule has 208 valence electrons. The molecule has 4 saturated carbocycles. The van der Waals surface area contributed by atoms with Gasteiger partial charge in [-0.3, -0.25) is 0 Å². The number of carbonyl (C=O) groups excluding carboxylic acids is 3. The van der Waals surface area contributed by atoms with E-state index in [1.165, 1.54) is 44.4 Å². The number of nitrogens with one attached hydrogen (secondary N) is 1. The molecule has 2 aromatic carbocycles. The SMILES string of the molecule is CC(Cc1ccc(O)c(O)c1)(NC(=O)OCc1ccccc1)C(=O)OCC(=O)OC12CC3CC(CC(C3)C1)C2. The van der Waals surface area contributed by atoms with E-state index in [9.17, 15) is 24.6 Å². The molecular weight excluding hydrogens is 502 g/mol. The topological polar surface area (TPSA) is 131 Å². The summed E-state index contributed by atoms with van der Waals surface area (Å²) in [6, 6.07) is 13.2. The molecule has 1 amide bonds. The zero-order valence-electron chi connectivity index (χ0n) is 22.1. The maximum Gasteiger partial charge on any atom is 0.408 e. The van der Waals surface area contributed by atoms with Crippen LogP contribution in [0, 0.1) is 17.8 Å². The van der Waals surface area contributed by atoms with Gasteiger partial charge in [0.05, 0.1) is 0 Å². The summed E-state index contributed by atoms with van der Waals surface area (Å²) in [5.74, 6) is -0.330. The summed E-state index contributed by atoms with van der Waals surface area (Å²) in [6.07, 6.45) is 5.30. The van der Waals surface area contributed by atoms with Crippen molar-refractivity contribution in [3.8, 4) is 11.5 Å². The molecule has 0 aliphatic heterocycles. The molecule has 9 nitrogen and oxygen atoms in total. The van der Waals surface area contributed by atoms with Crippen LogP contribution in [0.4, 0.5) is 4.79 Å². The Labute approximate surface area is 227 Å². The van der Waals surface area contributed by atoms with Gasteiger partial charge in [0.15, 0.2) is 18.1 Å². The van der Waals surface area contributed by atoms with E-state index >= 15 is 0 Å². The molecule has 0 saturated heterocycles. The second kappa shape index (κ2) is 10.8. The lowest BCUT2D eigenvalue weighted by Gasteiger charge is -2.55. The molecule has 4 fully saturated rings. The van der Waals surface area contributed by atoms with Gasteiger partial charge in [0.2, 0.25) is 0 Å². The summed E-state index contributed by atoms with van der Waals surface area (Å²) >= 11 is 0. The van der Waals surface area contributed by atoms with Crippen molar-refractivity contribution in [2.24, 2.45) is 17.8 Å².